The molecule has 0 fully saturated rings. The highest BCUT2D eigenvalue weighted by Crippen LogP contribution is 2.27. The van der Waals surface area contributed by atoms with Gasteiger partial charge in [-0.2, -0.15) is 5.26 Å². The van der Waals surface area contributed by atoms with Crippen molar-refractivity contribution in [1.82, 2.24) is 0 Å². The van der Waals surface area contributed by atoms with Crippen LogP contribution in [0, 0.1) is 17.2 Å². The van der Waals surface area contributed by atoms with Crippen molar-refractivity contribution >= 4 is 0 Å². The van der Waals surface area contributed by atoms with E-state index in [1.165, 1.54) is 22.6 Å². The predicted octanol–water partition coefficient (Wildman–Crippen LogP) is 4.77. The van der Waals surface area contributed by atoms with Crippen molar-refractivity contribution in [3.63, 3.8) is 0 Å². The van der Waals surface area contributed by atoms with E-state index in [4.69, 9.17) is 5.26 Å². The van der Waals surface area contributed by atoms with Gasteiger partial charge in [0.15, 0.2) is 0 Å². The van der Waals surface area contributed by atoms with Crippen LogP contribution in [0.25, 0.3) is 0 Å². The molecule has 1 heteroatoms. The fraction of sp³-hybridized carbons (Fsp3) is 0.0476. The molecule has 0 atom stereocenters. The Hall–Kier alpha value is -2.85. The fourth-order valence-corrected chi connectivity index (χ4v) is 2.55. The Morgan fingerprint density at radius 1 is 0.682 bits per heavy atom. The van der Waals surface area contributed by atoms with Crippen molar-refractivity contribution in [3.05, 3.63) is 113 Å². The lowest BCUT2D eigenvalue weighted by atomic mass is 9.86. The van der Waals surface area contributed by atoms with Gasteiger partial charge in [-0.15, -0.1) is 0 Å². The lowest BCUT2D eigenvalue weighted by Crippen LogP contribution is -2.06. The van der Waals surface area contributed by atoms with Crippen LogP contribution in [0.4, 0.5) is 0 Å². The SMILES string of the molecule is N#Cc1ccc(C[C](c2ccccc2)c2ccccc2)cc1. The Labute approximate surface area is 131 Å². The van der Waals surface area contributed by atoms with Gasteiger partial charge in [-0.1, -0.05) is 72.8 Å². The zero-order valence-electron chi connectivity index (χ0n) is 12.2. The maximum absolute atomic E-state index is 8.91. The second-order valence-corrected chi connectivity index (χ2v) is 5.20. The molecular weight excluding hydrogens is 266 g/mol. The molecule has 0 spiro atoms. The second-order valence-electron chi connectivity index (χ2n) is 5.20. The van der Waals surface area contributed by atoms with E-state index in [2.05, 4.69) is 54.6 Å². The monoisotopic (exact) mass is 282 g/mol. The molecule has 3 aromatic rings. The zero-order chi connectivity index (χ0) is 15.2. The first-order valence-corrected chi connectivity index (χ1v) is 7.32. The molecule has 1 radical (unpaired) electrons. The molecule has 0 amide bonds. The summed E-state index contributed by atoms with van der Waals surface area (Å²) in [6, 6.07) is 30.9. The number of benzene rings is 3. The van der Waals surface area contributed by atoms with Crippen LogP contribution in [0.5, 0.6) is 0 Å². The lowest BCUT2D eigenvalue weighted by molar-refractivity contribution is 1.03. The molecule has 0 saturated carbocycles. The third kappa shape index (κ3) is 3.24. The topological polar surface area (TPSA) is 23.8 Å². The Morgan fingerprint density at radius 3 is 1.64 bits per heavy atom. The average molecular weight is 282 g/mol. The van der Waals surface area contributed by atoms with Crippen LogP contribution >= 0.6 is 0 Å². The molecule has 22 heavy (non-hydrogen) atoms. The van der Waals surface area contributed by atoms with Crippen LogP contribution in [-0.4, -0.2) is 0 Å². The largest absolute Gasteiger partial charge is 0.192 e. The highest BCUT2D eigenvalue weighted by Gasteiger charge is 2.15. The third-order valence-electron chi connectivity index (χ3n) is 3.71. The van der Waals surface area contributed by atoms with E-state index >= 15 is 0 Å². The van der Waals surface area contributed by atoms with Gasteiger partial charge in [0, 0.05) is 5.92 Å². The summed E-state index contributed by atoms with van der Waals surface area (Å²) in [7, 11) is 0. The molecule has 0 aliphatic heterocycles. The number of nitrogens with zero attached hydrogens (tertiary/aromatic N) is 1. The van der Waals surface area contributed by atoms with Gasteiger partial charge in [0.1, 0.15) is 0 Å². The van der Waals surface area contributed by atoms with Crippen LogP contribution in [0.15, 0.2) is 84.9 Å². The minimum Gasteiger partial charge on any atom is -0.192 e. The van der Waals surface area contributed by atoms with Crippen molar-refractivity contribution in [2.45, 2.75) is 6.42 Å². The molecule has 0 heterocycles. The van der Waals surface area contributed by atoms with E-state index in [1.807, 2.05) is 36.4 Å². The van der Waals surface area contributed by atoms with Crippen molar-refractivity contribution in [3.8, 4) is 6.07 Å². The molecular formula is C21H16N. The maximum atomic E-state index is 8.91. The Bertz CT molecular complexity index is 713. The Morgan fingerprint density at radius 2 is 1.18 bits per heavy atom. The Balaban J connectivity index is 1.94. The van der Waals surface area contributed by atoms with E-state index in [-0.39, 0.29) is 0 Å². The highest BCUT2D eigenvalue weighted by atomic mass is 14.2. The molecule has 0 aliphatic rings. The van der Waals surface area contributed by atoms with Gasteiger partial charge in [0.2, 0.25) is 0 Å². The summed E-state index contributed by atoms with van der Waals surface area (Å²) in [6.07, 6.45) is 0.847. The first kappa shape index (κ1) is 14.1. The van der Waals surface area contributed by atoms with Crippen LogP contribution in [0.3, 0.4) is 0 Å². The first-order valence-electron chi connectivity index (χ1n) is 7.32. The number of rotatable bonds is 4. The maximum Gasteiger partial charge on any atom is 0.0991 e. The predicted molar refractivity (Wildman–Crippen MR) is 89.2 cm³/mol. The van der Waals surface area contributed by atoms with Gasteiger partial charge in [-0.05, 0) is 35.2 Å². The molecule has 0 aromatic heterocycles. The summed E-state index contributed by atoms with van der Waals surface area (Å²) in [5.41, 5.74) is 4.38. The van der Waals surface area contributed by atoms with Crippen LogP contribution in [0.2, 0.25) is 0 Å². The molecule has 105 valence electrons. The molecule has 0 unspecified atom stereocenters. The van der Waals surface area contributed by atoms with Gasteiger partial charge < -0.3 is 0 Å². The van der Waals surface area contributed by atoms with E-state index in [0.29, 0.717) is 5.56 Å². The summed E-state index contributed by atoms with van der Waals surface area (Å²) in [5, 5.41) is 8.91. The highest BCUT2D eigenvalue weighted by molar-refractivity contribution is 5.48. The van der Waals surface area contributed by atoms with Crippen LogP contribution < -0.4 is 0 Å². The molecule has 3 rings (SSSR count). The molecule has 0 N–H and O–H groups in total. The molecule has 1 nitrogen and oxygen atoms in total. The zero-order valence-corrected chi connectivity index (χ0v) is 12.2. The van der Waals surface area contributed by atoms with E-state index in [0.717, 1.165) is 6.42 Å². The van der Waals surface area contributed by atoms with Crippen molar-refractivity contribution < 1.29 is 0 Å². The van der Waals surface area contributed by atoms with Gasteiger partial charge in [0.05, 0.1) is 11.6 Å². The van der Waals surface area contributed by atoms with Crippen molar-refractivity contribution in [1.29, 1.82) is 5.26 Å². The number of hydrogen-bond acceptors (Lipinski definition) is 1. The van der Waals surface area contributed by atoms with E-state index in [9.17, 15) is 0 Å². The second kappa shape index (κ2) is 6.74. The van der Waals surface area contributed by atoms with Gasteiger partial charge in [-0.3, -0.25) is 0 Å². The lowest BCUT2D eigenvalue weighted by Gasteiger charge is -2.17. The molecule has 0 bridgehead atoms. The standard InChI is InChI=1S/C21H16N/c22-16-18-13-11-17(12-14-18)15-21(19-7-3-1-4-8-19)20-9-5-2-6-10-20/h1-14H,15H2. The van der Waals surface area contributed by atoms with Crippen LogP contribution in [-0.2, 0) is 6.42 Å². The summed E-state index contributed by atoms with van der Waals surface area (Å²) in [5.74, 6) is 1.30. The summed E-state index contributed by atoms with van der Waals surface area (Å²) in [4.78, 5) is 0. The minimum atomic E-state index is 0.699. The first-order chi connectivity index (χ1) is 10.9. The minimum absolute atomic E-state index is 0.699. The average Bonchev–Trinajstić information content (AvgIpc) is 2.62. The number of nitriles is 1. The summed E-state index contributed by atoms with van der Waals surface area (Å²) >= 11 is 0. The van der Waals surface area contributed by atoms with Crippen molar-refractivity contribution in [2.75, 3.05) is 0 Å². The van der Waals surface area contributed by atoms with Crippen molar-refractivity contribution in [2.24, 2.45) is 0 Å². The molecule has 0 saturated heterocycles. The van der Waals surface area contributed by atoms with E-state index < -0.39 is 0 Å². The van der Waals surface area contributed by atoms with E-state index in [1.54, 1.807) is 0 Å². The Kier molecular flexibility index (Phi) is 4.32. The normalized spacial score (nSPS) is 10.4. The van der Waals surface area contributed by atoms with Gasteiger partial charge >= 0.3 is 0 Å². The third-order valence-corrected chi connectivity index (χ3v) is 3.71. The van der Waals surface area contributed by atoms with Gasteiger partial charge in [-0.25, -0.2) is 0 Å². The fourth-order valence-electron chi connectivity index (χ4n) is 2.55. The molecule has 3 aromatic carbocycles. The van der Waals surface area contributed by atoms with Crippen LogP contribution in [0.1, 0.15) is 22.3 Å². The summed E-state index contributed by atoms with van der Waals surface area (Å²) in [6.45, 7) is 0. The quantitative estimate of drug-likeness (QED) is 0.676. The molecule has 0 aliphatic carbocycles. The smallest absolute Gasteiger partial charge is 0.0991 e. The summed E-state index contributed by atoms with van der Waals surface area (Å²) < 4.78 is 0. The van der Waals surface area contributed by atoms with Gasteiger partial charge in [0.25, 0.3) is 0 Å². The number of hydrogen-bond donors (Lipinski definition) is 0.